The van der Waals surface area contributed by atoms with E-state index >= 15 is 0 Å². The van der Waals surface area contributed by atoms with Gasteiger partial charge in [0.2, 0.25) is 0 Å². The molecule has 6 atom stereocenters. The second-order valence-corrected chi connectivity index (χ2v) is 7.10. The van der Waals surface area contributed by atoms with Crippen molar-refractivity contribution < 1.29 is 23.7 Å². The van der Waals surface area contributed by atoms with Gasteiger partial charge in [-0.2, -0.15) is 0 Å². The summed E-state index contributed by atoms with van der Waals surface area (Å²) in [6, 6.07) is 0. The lowest BCUT2D eigenvalue weighted by Crippen LogP contribution is -2.52. The van der Waals surface area contributed by atoms with Crippen molar-refractivity contribution >= 4 is 0 Å². The van der Waals surface area contributed by atoms with Gasteiger partial charge in [-0.3, -0.25) is 0 Å². The van der Waals surface area contributed by atoms with Crippen molar-refractivity contribution in [1.82, 2.24) is 0 Å². The number of hydrogen-bond acceptors (Lipinski definition) is 5. The second kappa shape index (κ2) is 6.82. The molecule has 0 aromatic rings. The molecule has 0 bridgehead atoms. The van der Waals surface area contributed by atoms with E-state index in [1.807, 2.05) is 24.3 Å². The Labute approximate surface area is 148 Å². The molecule has 25 heavy (non-hydrogen) atoms. The van der Waals surface area contributed by atoms with E-state index in [2.05, 4.69) is 24.3 Å². The van der Waals surface area contributed by atoms with Crippen LogP contribution >= 0.6 is 0 Å². The summed E-state index contributed by atoms with van der Waals surface area (Å²) in [4.78, 5) is 0. The largest absolute Gasteiger partial charge is 0.373 e. The molecule has 0 spiro atoms. The third-order valence-corrected chi connectivity index (χ3v) is 5.47. The Bertz CT molecular complexity index is 549. The molecule has 2 aliphatic heterocycles. The Morgan fingerprint density at radius 2 is 1.24 bits per heavy atom. The quantitative estimate of drug-likeness (QED) is 0.632. The predicted octanol–water partition coefficient (Wildman–Crippen LogP) is 2.34. The van der Waals surface area contributed by atoms with Gasteiger partial charge >= 0.3 is 0 Å². The van der Waals surface area contributed by atoms with Crippen LogP contribution in [0.3, 0.4) is 0 Å². The van der Waals surface area contributed by atoms with E-state index in [1.165, 1.54) is 0 Å². The first-order valence-electron chi connectivity index (χ1n) is 8.91. The molecule has 0 amide bonds. The highest BCUT2D eigenvalue weighted by Crippen LogP contribution is 2.39. The summed E-state index contributed by atoms with van der Waals surface area (Å²) in [5.41, 5.74) is -1.03. The van der Waals surface area contributed by atoms with Crippen LogP contribution in [0.15, 0.2) is 48.6 Å². The van der Waals surface area contributed by atoms with Gasteiger partial charge in [0.05, 0.1) is 25.4 Å². The summed E-state index contributed by atoms with van der Waals surface area (Å²) in [5.74, 6) is 0. The standard InChI is InChI=1S/C20H26O5/c1-21-19(11-15-13-23-15)9-5-3-7-17(19)25-18-8-4-6-10-20(18,22-2)12-16-14-24-16/h3-10,15-18H,11-14H2,1-2H3. The number of hydrogen-bond donors (Lipinski definition) is 0. The molecule has 6 unspecified atom stereocenters. The summed E-state index contributed by atoms with van der Waals surface area (Å²) < 4.78 is 29.3. The maximum Gasteiger partial charge on any atom is 0.118 e. The highest BCUT2D eigenvalue weighted by Gasteiger charge is 2.48. The van der Waals surface area contributed by atoms with Crippen molar-refractivity contribution in [2.75, 3.05) is 27.4 Å². The maximum atomic E-state index is 6.57. The van der Waals surface area contributed by atoms with Gasteiger partial charge < -0.3 is 23.7 Å². The third kappa shape index (κ3) is 3.52. The minimum absolute atomic E-state index is 0.206. The SMILES string of the molecule is COC1(CC2CO2)C=CC=CC1OC1C=CC=CC1(CC1CO1)OC. The van der Waals surface area contributed by atoms with Crippen LogP contribution in [0.1, 0.15) is 12.8 Å². The molecule has 0 aromatic carbocycles. The average molecular weight is 346 g/mol. The molecule has 0 radical (unpaired) electrons. The molecule has 5 heteroatoms. The lowest BCUT2D eigenvalue weighted by molar-refractivity contribution is -0.152. The smallest absolute Gasteiger partial charge is 0.118 e. The zero-order chi connectivity index (χ0) is 17.3. The predicted molar refractivity (Wildman–Crippen MR) is 93.4 cm³/mol. The fraction of sp³-hybridized carbons (Fsp3) is 0.600. The van der Waals surface area contributed by atoms with E-state index in [-0.39, 0.29) is 24.4 Å². The number of allylic oxidation sites excluding steroid dienone is 4. The van der Waals surface area contributed by atoms with E-state index in [0.717, 1.165) is 26.1 Å². The van der Waals surface area contributed by atoms with Gasteiger partial charge in [-0.05, 0) is 12.2 Å². The molecular weight excluding hydrogens is 320 g/mol. The zero-order valence-electron chi connectivity index (χ0n) is 14.8. The first-order chi connectivity index (χ1) is 12.2. The molecule has 136 valence electrons. The maximum absolute atomic E-state index is 6.57. The topological polar surface area (TPSA) is 52.8 Å². The molecular formula is C20H26O5. The van der Waals surface area contributed by atoms with E-state index < -0.39 is 11.2 Å². The van der Waals surface area contributed by atoms with E-state index in [9.17, 15) is 0 Å². The summed E-state index contributed by atoms with van der Waals surface area (Å²) in [7, 11) is 3.47. The first kappa shape index (κ1) is 17.2. The highest BCUT2D eigenvalue weighted by molar-refractivity contribution is 5.28. The van der Waals surface area contributed by atoms with Crippen LogP contribution in [-0.2, 0) is 23.7 Å². The van der Waals surface area contributed by atoms with E-state index in [1.54, 1.807) is 14.2 Å². The van der Waals surface area contributed by atoms with Gasteiger partial charge in [0, 0.05) is 27.1 Å². The van der Waals surface area contributed by atoms with Crippen LogP contribution in [0.5, 0.6) is 0 Å². The van der Waals surface area contributed by atoms with Crippen molar-refractivity contribution in [3.63, 3.8) is 0 Å². The van der Waals surface area contributed by atoms with Crippen LogP contribution < -0.4 is 0 Å². The number of ether oxygens (including phenoxy) is 5. The molecule has 2 heterocycles. The molecule has 0 N–H and O–H groups in total. The minimum Gasteiger partial charge on any atom is -0.373 e. The normalized spacial score (nSPS) is 44.2. The van der Waals surface area contributed by atoms with Gasteiger partial charge in [0.15, 0.2) is 0 Å². The minimum atomic E-state index is -0.513. The van der Waals surface area contributed by atoms with E-state index in [0.29, 0.717) is 0 Å². The molecule has 5 nitrogen and oxygen atoms in total. The molecule has 0 aromatic heterocycles. The van der Waals surface area contributed by atoms with Crippen molar-refractivity contribution in [2.24, 2.45) is 0 Å². The van der Waals surface area contributed by atoms with Gasteiger partial charge in [0.25, 0.3) is 0 Å². The fourth-order valence-corrected chi connectivity index (χ4v) is 3.75. The van der Waals surface area contributed by atoms with E-state index in [4.69, 9.17) is 23.7 Å². The van der Waals surface area contributed by atoms with Crippen molar-refractivity contribution in [1.29, 1.82) is 0 Å². The Balaban J connectivity index is 1.55. The van der Waals surface area contributed by atoms with Crippen molar-refractivity contribution in [3.8, 4) is 0 Å². The Morgan fingerprint density at radius 1 is 0.800 bits per heavy atom. The van der Waals surface area contributed by atoms with Crippen LogP contribution in [0.25, 0.3) is 0 Å². The van der Waals surface area contributed by atoms with Crippen LogP contribution in [0.4, 0.5) is 0 Å². The van der Waals surface area contributed by atoms with Gasteiger partial charge in [0.1, 0.15) is 23.4 Å². The molecule has 2 aliphatic carbocycles. The number of epoxide rings is 2. The molecule has 2 saturated heterocycles. The van der Waals surface area contributed by atoms with Gasteiger partial charge in [-0.15, -0.1) is 0 Å². The highest BCUT2D eigenvalue weighted by atomic mass is 16.6. The average Bonchev–Trinajstić information content (AvgIpc) is 3.55. The monoisotopic (exact) mass is 346 g/mol. The Hall–Kier alpha value is -1.24. The fourth-order valence-electron chi connectivity index (χ4n) is 3.75. The first-order valence-corrected chi connectivity index (χ1v) is 8.91. The van der Waals surface area contributed by atoms with Crippen LogP contribution in [-0.4, -0.2) is 63.1 Å². The molecule has 4 aliphatic rings. The summed E-state index contributed by atoms with van der Waals surface area (Å²) in [6.45, 7) is 1.59. The lowest BCUT2D eigenvalue weighted by atomic mass is 9.84. The number of methoxy groups -OCH3 is 2. The Kier molecular flexibility index (Phi) is 4.69. The van der Waals surface area contributed by atoms with Gasteiger partial charge in [-0.1, -0.05) is 36.5 Å². The number of rotatable bonds is 8. The zero-order valence-corrected chi connectivity index (χ0v) is 14.8. The summed E-state index contributed by atoms with van der Waals surface area (Å²) in [6.07, 6.45) is 18.0. The molecule has 4 rings (SSSR count). The summed E-state index contributed by atoms with van der Waals surface area (Å²) >= 11 is 0. The van der Waals surface area contributed by atoms with Crippen LogP contribution in [0.2, 0.25) is 0 Å². The molecule has 2 fully saturated rings. The van der Waals surface area contributed by atoms with Crippen LogP contribution in [0, 0.1) is 0 Å². The molecule has 0 saturated carbocycles. The van der Waals surface area contributed by atoms with Crippen molar-refractivity contribution in [3.05, 3.63) is 48.6 Å². The van der Waals surface area contributed by atoms with Crippen molar-refractivity contribution in [2.45, 2.75) is 48.5 Å². The second-order valence-electron chi connectivity index (χ2n) is 7.10. The van der Waals surface area contributed by atoms with Gasteiger partial charge in [-0.25, -0.2) is 0 Å². The Morgan fingerprint density at radius 3 is 1.60 bits per heavy atom. The third-order valence-electron chi connectivity index (χ3n) is 5.47. The summed E-state index contributed by atoms with van der Waals surface area (Å²) in [5, 5.41) is 0. The lowest BCUT2D eigenvalue weighted by Gasteiger charge is -2.43.